The van der Waals surface area contributed by atoms with E-state index in [0.29, 0.717) is 23.4 Å². The van der Waals surface area contributed by atoms with Crippen molar-refractivity contribution in [2.45, 2.75) is 12.0 Å². The molecule has 2 aliphatic heterocycles. The van der Waals surface area contributed by atoms with Crippen LogP contribution >= 0.6 is 0 Å². The number of para-hydroxylation sites is 1. The van der Waals surface area contributed by atoms with Crippen molar-refractivity contribution in [2.75, 3.05) is 11.9 Å². The number of carbonyl (C=O) groups is 1. The van der Waals surface area contributed by atoms with Crippen molar-refractivity contribution in [1.29, 1.82) is 0 Å². The lowest BCUT2D eigenvalue weighted by molar-refractivity contribution is -0.129. The number of fused-ring (bicyclic) bond motifs is 2. The van der Waals surface area contributed by atoms with Crippen LogP contribution in [0.15, 0.2) is 42.5 Å². The molecule has 0 saturated carbocycles. The molecule has 0 spiro atoms. The maximum absolute atomic E-state index is 12.3. The summed E-state index contributed by atoms with van der Waals surface area (Å²) in [6.07, 6.45) is 0.808. The van der Waals surface area contributed by atoms with Gasteiger partial charge in [0, 0.05) is 17.7 Å². The molecule has 0 fully saturated rings. The largest absolute Gasteiger partial charge is 0.493 e. The highest BCUT2D eigenvalue weighted by Crippen LogP contribution is 2.42. The Balaban J connectivity index is 1.90. The topological polar surface area (TPSA) is 58.6 Å². The second kappa shape index (κ2) is 3.84. The monoisotopic (exact) mass is 267 g/mol. The fourth-order valence-electron chi connectivity index (χ4n) is 2.94. The third-order valence-electron chi connectivity index (χ3n) is 4.00. The normalized spacial score (nSPS) is 22.9. The first kappa shape index (κ1) is 11.5. The van der Waals surface area contributed by atoms with Gasteiger partial charge in [-0.05, 0) is 29.3 Å². The van der Waals surface area contributed by atoms with Crippen LogP contribution in [-0.2, 0) is 16.8 Å². The molecular weight excluding hydrogens is 254 g/mol. The van der Waals surface area contributed by atoms with E-state index >= 15 is 0 Å². The van der Waals surface area contributed by atoms with Crippen molar-refractivity contribution in [3.8, 4) is 5.75 Å². The lowest BCUT2D eigenvalue weighted by atomic mass is 9.86. The summed E-state index contributed by atoms with van der Waals surface area (Å²) in [4.78, 5) is 12.3. The minimum Gasteiger partial charge on any atom is -0.493 e. The quantitative estimate of drug-likeness (QED) is 0.828. The molecule has 1 atom stereocenters. The molecule has 0 aromatic heterocycles. The standard InChI is InChI=1S/C16H13NO3/c18-15-16(19,12-3-1-2-4-13(12)17-15)11-5-6-14-10(9-11)7-8-20-14/h1-6,9,19H,7-8H2,(H,17,18). The SMILES string of the molecule is O=C1Nc2ccccc2C1(O)c1ccc2c(c1)CCO2. The second-order valence-electron chi connectivity index (χ2n) is 5.13. The van der Waals surface area contributed by atoms with Crippen LogP contribution in [0.4, 0.5) is 5.69 Å². The van der Waals surface area contributed by atoms with Gasteiger partial charge in [-0.2, -0.15) is 0 Å². The Morgan fingerprint density at radius 1 is 1.20 bits per heavy atom. The van der Waals surface area contributed by atoms with E-state index in [1.807, 2.05) is 24.3 Å². The molecule has 2 N–H and O–H groups in total. The Morgan fingerprint density at radius 2 is 2.05 bits per heavy atom. The third-order valence-corrected chi connectivity index (χ3v) is 4.00. The minimum absolute atomic E-state index is 0.405. The number of nitrogens with one attached hydrogen (secondary N) is 1. The number of ether oxygens (including phenoxy) is 1. The average Bonchev–Trinajstić information content (AvgIpc) is 3.03. The van der Waals surface area contributed by atoms with Gasteiger partial charge in [-0.3, -0.25) is 4.79 Å². The van der Waals surface area contributed by atoms with Crippen LogP contribution in [0.1, 0.15) is 16.7 Å². The van der Waals surface area contributed by atoms with E-state index in [1.54, 1.807) is 18.2 Å². The maximum atomic E-state index is 12.3. The molecule has 1 unspecified atom stereocenters. The first-order valence-electron chi connectivity index (χ1n) is 6.59. The molecule has 2 aliphatic rings. The van der Waals surface area contributed by atoms with Crippen LogP contribution in [0.25, 0.3) is 0 Å². The van der Waals surface area contributed by atoms with Crippen molar-refractivity contribution in [2.24, 2.45) is 0 Å². The summed E-state index contributed by atoms with van der Waals surface area (Å²) in [7, 11) is 0. The highest BCUT2D eigenvalue weighted by Gasteiger charge is 2.46. The molecule has 2 aromatic carbocycles. The number of anilines is 1. The molecule has 2 heterocycles. The number of benzene rings is 2. The summed E-state index contributed by atoms with van der Waals surface area (Å²) in [5.41, 5.74) is 1.27. The first-order chi connectivity index (χ1) is 9.69. The molecule has 100 valence electrons. The highest BCUT2D eigenvalue weighted by atomic mass is 16.5. The average molecular weight is 267 g/mol. The summed E-state index contributed by atoms with van der Waals surface area (Å²) in [5, 5.41) is 13.7. The van der Waals surface area contributed by atoms with Gasteiger partial charge in [0.25, 0.3) is 5.91 Å². The Kier molecular flexibility index (Phi) is 2.20. The number of amides is 1. The van der Waals surface area contributed by atoms with Gasteiger partial charge in [-0.25, -0.2) is 0 Å². The van der Waals surface area contributed by atoms with Crippen molar-refractivity contribution in [1.82, 2.24) is 0 Å². The Bertz CT molecular complexity index is 725. The number of carbonyl (C=O) groups excluding carboxylic acids is 1. The molecular formula is C16H13NO3. The van der Waals surface area contributed by atoms with E-state index in [1.165, 1.54) is 0 Å². The molecule has 4 rings (SSSR count). The number of rotatable bonds is 1. The smallest absolute Gasteiger partial charge is 0.265 e. The Labute approximate surface area is 116 Å². The first-order valence-corrected chi connectivity index (χ1v) is 6.59. The van der Waals surface area contributed by atoms with Gasteiger partial charge in [0.05, 0.1) is 6.61 Å². The lowest BCUT2D eigenvalue weighted by Gasteiger charge is -2.22. The molecule has 4 nitrogen and oxygen atoms in total. The summed E-state index contributed by atoms with van der Waals surface area (Å²) < 4.78 is 5.46. The summed E-state index contributed by atoms with van der Waals surface area (Å²) in [5.74, 6) is 0.432. The predicted octanol–water partition coefficient (Wildman–Crippen LogP) is 1.81. The molecule has 0 radical (unpaired) electrons. The molecule has 2 aromatic rings. The fraction of sp³-hybridized carbons (Fsp3) is 0.188. The van der Waals surface area contributed by atoms with Crippen molar-refractivity contribution in [3.05, 3.63) is 59.2 Å². The van der Waals surface area contributed by atoms with E-state index in [2.05, 4.69) is 5.32 Å². The van der Waals surface area contributed by atoms with Crippen LogP contribution in [0.5, 0.6) is 5.75 Å². The number of hydrogen-bond donors (Lipinski definition) is 2. The van der Waals surface area contributed by atoms with E-state index in [4.69, 9.17) is 4.74 Å². The fourth-order valence-corrected chi connectivity index (χ4v) is 2.94. The van der Waals surface area contributed by atoms with Crippen LogP contribution in [0.3, 0.4) is 0 Å². The van der Waals surface area contributed by atoms with Crippen LogP contribution in [0, 0.1) is 0 Å². The van der Waals surface area contributed by atoms with Gasteiger partial charge in [-0.15, -0.1) is 0 Å². The predicted molar refractivity (Wildman–Crippen MR) is 73.7 cm³/mol. The highest BCUT2D eigenvalue weighted by molar-refractivity contribution is 6.07. The van der Waals surface area contributed by atoms with Crippen molar-refractivity contribution in [3.63, 3.8) is 0 Å². The summed E-state index contributed by atoms with van der Waals surface area (Å²) in [6, 6.07) is 12.7. The van der Waals surface area contributed by atoms with Gasteiger partial charge >= 0.3 is 0 Å². The van der Waals surface area contributed by atoms with Gasteiger partial charge in [0.15, 0.2) is 5.60 Å². The van der Waals surface area contributed by atoms with Crippen LogP contribution in [0.2, 0.25) is 0 Å². The number of hydrogen-bond acceptors (Lipinski definition) is 3. The van der Waals surface area contributed by atoms with E-state index in [-0.39, 0.29) is 0 Å². The van der Waals surface area contributed by atoms with Crippen molar-refractivity contribution >= 4 is 11.6 Å². The summed E-state index contributed by atoms with van der Waals surface area (Å²) in [6.45, 7) is 0.653. The zero-order valence-corrected chi connectivity index (χ0v) is 10.7. The molecule has 1 amide bonds. The van der Waals surface area contributed by atoms with Gasteiger partial charge < -0.3 is 15.2 Å². The van der Waals surface area contributed by atoms with Gasteiger partial charge in [0.2, 0.25) is 0 Å². The molecule has 0 bridgehead atoms. The Hall–Kier alpha value is -2.33. The van der Waals surface area contributed by atoms with Crippen LogP contribution < -0.4 is 10.1 Å². The summed E-state index contributed by atoms with van der Waals surface area (Å²) >= 11 is 0. The molecule has 4 heteroatoms. The van der Waals surface area contributed by atoms with Gasteiger partial charge in [-0.1, -0.05) is 24.3 Å². The minimum atomic E-state index is -1.62. The zero-order valence-electron chi connectivity index (χ0n) is 10.7. The van der Waals surface area contributed by atoms with E-state index in [0.717, 1.165) is 17.7 Å². The van der Waals surface area contributed by atoms with E-state index in [9.17, 15) is 9.90 Å². The van der Waals surface area contributed by atoms with Crippen LogP contribution in [-0.4, -0.2) is 17.6 Å². The maximum Gasteiger partial charge on any atom is 0.265 e. The third kappa shape index (κ3) is 1.37. The lowest BCUT2D eigenvalue weighted by Crippen LogP contribution is -2.35. The number of aliphatic hydroxyl groups is 1. The zero-order chi connectivity index (χ0) is 13.7. The van der Waals surface area contributed by atoms with E-state index < -0.39 is 11.5 Å². The second-order valence-corrected chi connectivity index (χ2v) is 5.13. The van der Waals surface area contributed by atoms with Crippen molar-refractivity contribution < 1.29 is 14.6 Å². The Morgan fingerprint density at radius 3 is 2.95 bits per heavy atom. The van der Waals surface area contributed by atoms with Gasteiger partial charge in [0.1, 0.15) is 5.75 Å². The molecule has 0 aliphatic carbocycles. The molecule has 0 saturated heterocycles. The molecule has 20 heavy (non-hydrogen) atoms.